The number of carbonyl (C=O) groups is 1. The van der Waals surface area contributed by atoms with E-state index in [0.717, 1.165) is 19.2 Å². The van der Waals surface area contributed by atoms with E-state index >= 15 is 0 Å². The molecule has 0 aromatic heterocycles. The second-order valence-corrected chi connectivity index (χ2v) is 5.47. The molecule has 0 atom stereocenters. The van der Waals surface area contributed by atoms with Crippen molar-refractivity contribution in [1.82, 2.24) is 0 Å². The van der Waals surface area contributed by atoms with Gasteiger partial charge in [-0.15, -0.1) is 0 Å². The number of ketones is 1. The lowest BCUT2D eigenvalue weighted by molar-refractivity contribution is 0.0956. The topological polar surface area (TPSA) is 63.2 Å². The zero-order valence-electron chi connectivity index (χ0n) is 16.1. The highest BCUT2D eigenvalue weighted by atomic mass is 19.1. The van der Waals surface area contributed by atoms with E-state index in [1.165, 1.54) is 46.6 Å². The van der Waals surface area contributed by atoms with Crippen molar-refractivity contribution in [2.75, 3.05) is 35.5 Å². The molecule has 0 unspecified atom stereocenters. The van der Waals surface area contributed by atoms with Crippen LogP contribution in [0.3, 0.4) is 0 Å². The van der Waals surface area contributed by atoms with E-state index in [1.54, 1.807) is 0 Å². The number of ether oxygens (including phenoxy) is 5. The Hall–Kier alpha value is -3.29. The molecular weight excluding hydrogens is 374 g/mol. The van der Waals surface area contributed by atoms with Crippen LogP contribution in [0.5, 0.6) is 23.0 Å². The van der Waals surface area contributed by atoms with Gasteiger partial charge in [0, 0.05) is 5.56 Å². The van der Waals surface area contributed by atoms with Crippen molar-refractivity contribution in [3.63, 3.8) is 0 Å². The highest BCUT2D eigenvalue weighted by Crippen LogP contribution is 2.38. The van der Waals surface area contributed by atoms with Gasteiger partial charge in [-0.05, 0) is 35.9 Å². The smallest absolute Gasteiger partial charge is 0.227 e. The van der Waals surface area contributed by atoms with Crippen LogP contribution in [0.1, 0.15) is 15.9 Å². The molecule has 0 aliphatic rings. The van der Waals surface area contributed by atoms with Gasteiger partial charge >= 0.3 is 0 Å². The maximum atomic E-state index is 13.9. The van der Waals surface area contributed by atoms with E-state index in [0.29, 0.717) is 5.75 Å². The summed E-state index contributed by atoms with van der Waals surface area (Å²) >= 11 is 0. The molecule has 2 rings (SSSR count). The van der Waals surface area contributed by atoms with E-state index < -0.39 is 23.2 Å². The minimum absolute atomic E-state index is 0.0911. The lowest BCUT2D eigenvalue weighted by Crippen LogP contribution is -2.07. The first-order valence-electron chi connectivity index (χ1n) is 8.03. The van der Waals surface area contributed by atoms with Crippen LogP contribution < -0.4 is 18.9 Å². The van der Waals surface area contributed by atoms with Crippen molar-refractivity contribution < 1.29 is 37.3 Å². The molecule has 0 amide bonds. The lowest BCUT2D eigenvalue weighted by atomic mass is 10.1. The lowest BCUT2D eigenvalue weighted by Gasteiger charge is -2.14. The van der Waals surface area contributed by atoms with Crippen molar-refractivity contribution in [1.29, 1.82) is 0 Å². The van der Waals surface area contributed by atoms with Crippen LogP contribution in [-0.4, -0.2) is 41.3 Å². The zero-order valence-corrected chi connectivity index (χ0v) is 16.1. The predicted molar refractivity (Wildman–Crippen MR) is 98.3 cm³/mol. The monoisotopic (exact) mass is 394 g/mol. The first-order chi connectivity index (χ1) is 13.4. The van der Waals surface area contributed by atoms with Crippen molar-refractivity contribution in [3.8, 4) is 23.0 Å². The van der Waals surface area contributed by atoms with Crippen LogP contribution in [0.15, 0.2) is 30.0 Å². The van der Waals surface area contributed by atoms with Gasteiger partial charge in [0.1, 0.15) is 0 Å². The zero-order chi connectivity index (χ0) is 20.8. The Labute approximate surface area is 161 Å². The first kappa shape index (κ1) is 21.0. The summed E-state index contributed by atoms with van der Waals surface area (Å²) in [6.45, 7) is 0. The number of methoxy groups -OCH3 is 5. The Morgan fingerprint density at radius 3 is 1.68 bits per heavy atom. The minimum Gasteiger partial charge on any atom is -0.493 e. The number of hydrogen-bond donors (Lipinski definition) is 0. The summed E-state index contributed by atoms with van der Waals surface area (Å²) in [5.41, 5.74) is 0.269. The molecule has 0 spiro atoms. The Balaban J connectivity index is 2.50. The number of rotatable bonds is 8. The fourth-order valence-corrected chi connectivity index (χ4v) is 2.58. The molecule has 0 bridgehead atoms. The summed E-state index contributed by atoms with van der Waals surface area (Å²) in [5, 5.41) is 0. The van der Waals surface area contributed by atoms with Crippen LogP contribution in [0, 0.1) is 11.6 Å². The van der Waals surface area contributed by atoms with Crippen molar-refractivity contribution in [3.05, 3.63) is 52.8 Å². The molecule has 2 aromatic rings. The molecule has 0 heterocycles. The molecule has 6 nitrogen and oxygen atoms in total. The van der Waals surface area contributed by atoms with Crippen LogP contribution in [0.2, 0.25) is 0 Å². The van der Waals surface area contributed by atoms with Gasteiger partial charge in [0.2, 0.25) is 11.5 Å². The molecule has 0 saturated heterocycles. The molecule has 0 aliphatic carbocycles. The summed E-state index contributed by atoms with van der Waals surface area (Å²) in [7, 11) is 6.71. The van der Waals surface area contributed by atoms with Gasteiger partial charge in [-0.1, -0.05) is 0 Å². The number of halogens is 2. The van der Waals surface area contributed by atoms with Gasteiger partial charge in [-0.2, -0.15) is 0 Å². The second kappa shape index (κ2) is 9.07. The molecule has 8 heteroatoms. The molecule has 0 radical (unpaired) electrons. The third kappa shape index (κ3) is 4.16. The van der Waals surface area contributed by atoms with Crippen molar-refractivity contribution in [2.24, 2.45) is 0 Å². The predicted octanol–water partition coefficient (Wildman–Crippen LogP) is 3.87. The summed E-state index contributed by atoms with van der Waals surface area (Å²) in [6, 6.07) is 4.96. The van der Waals surface area contributed by atoms with E-state index in [9.17, 15) is 13.6 Å². The summed E-state index contributed by atoms with van der Waals surface area (Å²) in [4.78, 5) is 12.9. The van der Waals surface area contributed by atoms with E-state index in [-0.39, 0.29) is 28.4 Å². The first-order valence-corrected chi connectivity index (χ1v) is 8.03. The van der Waals surface area contributed by atoms with Gasteiger partial charge in [0.25, 0.3) is 0 Å². The fraction of sp³-hybridized carbons (Fsp3) is 0.250. The highest BCUT2D eigenvalue weighted by molar-refractivity contribution is 6.10. The van der Waals surface area contributed by atoms with Crippen LogP contribution in [0.25, 0.3) is 6.08 Å². The fourth-order valence-electron chi connectivity index (χ4n) is 2.58. The van der Waals surface area contributed by atoms with E-state index in [2.05, 4.69) is 4.74 Å². The van der Waals surface area contributed by atoms with E-state index in [1.807, 2.05) is 0 Å². The third-order valence-corrected chi connectivity index (χ3v) is 3.89. The molecule has 2 aromatic carbocycles. The Morgan fingerprint density at radius 1 is 0.786 bits per heavy atom. The van der Waals surface area contributed by atoms with Crippen molar-refractivity contribution in [2.45, 2.75) is 0 Å². The molecule has 150 valence electrons. The largest absolute Gasteiger partial charge is 0.493 e. The standard InChI is InChI=1S/C20H20F2O6/c1-24-15(8-11-6-13(21)19(27-4)14(22)7-11)18(23)12-9-16(25-2)20(28-5)17(10-12)26-3/h6-10H,1-5H3/b15-8-. The van der Waals surface area contributed by atoms with Gasteiger partial charge in [0.15, 0.2) is 34.6 Å². The van der Waals surface area contributed by atoms with Gasteiger partial charge in [0.05, 0.1) is 35.5 Å². The average molecular weight is 394 g/mol. The third-order valence-electron chi connectivity index (χ3n) is 3.89. The molecule has 28 heavy (non-hydrogen) atoms. The molecule has 0 aliphatic heterocycles. The van der Waals surface area contributed by atoms with Crippen molar-refractivity contribution >= 4 is 11.9 Å². The average Bonchev–Trinajstić information content (AvgIpc) is 2.70. The van der Waals surface area contributed by atoms with Crippen LogP contribution in [0.4, 0.5) is 8.78 Å². The summed E-state index contributed by atoms with van der Waals surface area (Å²) < 4.78 is 53.3. The Morgan fingerprint density at radius 2 is 1.29 bits per heavy atom. The van der Waals surface area contributed by atoms with Gasteiger partial charge < -0.3 is 23.7 Å². The normalized spacial score (nSPS) is 11.0. The quantitative estimate of drug-likeness (QED) is 0.385. The number of Topliss-reactive ketones (excluding diaryl/α,β-unsaturated/α-hetero) is 1. The van der Waals surface area contributed by atoms with Gasteiger partial charge in [-0.3, -0.25) is 4.79 Å². The van der Waals surface area contributed by atoms with Crippen LogP contribution >= 0.6 is 0 Å². The van der Waals surface area contributed by atoms with Gasteiger partial charge in [-0.25, -0.2) is 8.78 Å². The summed E-state index contributed by atoms with van der Waals surface area (Å²) in [6.07, 6.45) is 1.22. The number of allylic oxidation sites excluding steroid dienone is 1. The maximum Gasteiger partial charge on any atom is 0.227 e. The number of hydrogen-bond acceptors (Lipinski definition) is 6. The maximum absolute atomic E-state index is 13.9. The number of carbonyl (C=O) groups excluding carboxylic acids is 1. The SMILES string of the molecule is CO/C(=C\c1cc(F)c(OC)c(F)c1)C(=O)c1cc(OC)c(OC)c(OC)c1. The molecule has 0 fully saturated rings. The second-order valence-electron chi connectivity index (χ2n) is 5.47. The molecular formula is C20H20F2O6. The van der Waals surface area contributed by atoms with Crippen LogP contribution in [-0.2, 0) is 4.74 Å². The minimum atomic E-state index is -0.899. The Kier molecular flexibility index (Phi) is 6.81. The highest BCUT2D eigenvalue weighted by Gasteiger charge is 2.20. The van der Waals surface area contributed by atoms with E-state index in [4.69, 9.17) is 18.9 Å². The Bertz CT molecular complexity index is 860. The molecule has 0 saturated carbocycles. The summed E-state index contributed by atoms with van der Waals surface area (Å²) in [5.74, 6) is -2.11. The number of benzene rings is 2. The molecule has 0 N–H and O–H groups in total.